The Balaban J connectivity index is 0.000000206. The molecule has 0 aromatic carbocycles. The van der Waals surface area contributed by atoms with Crippen LogP contribution in [0.25, 0.3) is 0 Å². The summed E-state index contributed by atoms with van der Waals surface area (Å²) in [5.74, 6) is 0.0935. The van der Waals surface area contributed by atoms with Gasteiger partial charge in [-0.25, -0.2) is 9.59 Å². The highest BCUT2D eigenvalue weighted by molar-refractivity contribution is 5.38. The number of nitrogens with one attached hydrogen (secondary N) is 1. The van der Waals surface area contributed by atoms with Gasteiger partial charge in [-0.1, -0.05) is 0 Å². The molecule has 17 nitrogen and oxygen atoms in total. The third-order valence-corrected chi connectivity index (χ3v) is 6.00. The minimum atomic E-state index is -1.36. The van der Waals surface area contributed by atoms with E-state index < -0.39 is 73.7 Å². The quantitative estimate of drug-likeness (QED) is 0.165. The van der Waals surface area contributed by atoms with Crippen molar-refractivity contribution in [1.82, 2.24) is 19.1 Å². The lowest BCUT2D eigenvalue weighted by atomic mass is 10.1. The average molecular weight is 530 g/mol. The molecule has 37 heavy (non-hydrogen) atoms. The summed E-state index contributed by atoms with van der Waals surface area (Å²) in [6.45, 7) is 2.30. The second kappa shape index (κ2) is 11.6. The van der Waals surface area contributed by atoms with Crippen LogP contribution < -0.4 is 22.6 Å². The number of rotatable bonds is 5. The van der Waals surface area contributed by atoms with Crippen molar-refractivity contribution < 1.29 is 45.3 Å². The summed E-state index contributed by atoms with van der Waals surface area (Å²) in [7, 11) is 0. The van der Waals surface area contributed by atoms with Gasteiger partial charge < -0.3 is 45.8 Å². The van der Waals surface area contributed by atoms with E-state index in [4.69, 9.17) is 30.6 Å². The van der Waals surface area contributed by atoms with Gasteiger partial charge in [0.1, 0.15) is 42.4 Å². The molecule has 4 rings (SSSR count). The molecule has 2 aromatic rings. The Morgan fingerprint density at radius 1 is 0.838 bits per heavy atom. The zero-order valence-electron chi connectivity index (χ0n) is 19.8. The number of nitrogens with zero attached hydrogens (tertiary/aromatic N) is 4. The highest BCUT2D eigenvalue weighted by atomic mass is 16.6. The molecule has 0 spiro atoms. The number of aliphatic hydroxyl groups is 6. The van der Waals surface area contributed by atoms with Crippen LogP contribution >= 0.6 is 0 Å². The van der Waals surface area contributed by atoms with Gasteiger partial charge in [0.05, 0.1) is 13.2 Å². The van der Waals surface area contributed by atoms with Gasteiger partial charge in [-0.2, -0.15) is 9.97 Å². The van der Waals surface area contributed by atoms with Crippen LogP contribution in [0.4, 0.5) is 11.6 Å². The van der Waals surface area contributed by atoms with Crippen LogP contribution in [0.15, 0.2) is 22.0 Å². The highest BCUT2D eigenvalue weighted by Gasteiger charge is 2.44. The lowest BCUT2D eigenvalue weighted by molar-refractivity contribution is -0.0550. The van der Waals surface area contributed by atoms with E-state index in [1.807, 2.05) is 0 Å². The fourth-order valence-corrected chi connectivity index (χ4v) is 3.84. The van der Waals surface area contributed by atoms with Crippen molar-refractivity contribution >= 4 is 11.6 Å². The number of ether oxygens (including phenoxy) is 2. The predicted octanol–water partition coefficient (Wildman–Crippen LogP) is -4.29. The van der Waals surface area contributed by atoms with Crippen LogP contribution in [0.1, 0.15) is 23.6 Å². The van der Waals surface area contributed by atoms with Crippen molar-refractivity contribution in [3.8, 4) is 0 Å². The molecular formula is C20H30N6O11. The lowest BCUT2D eigenvalue weighted by Gasteiger charge is -2.18. The van der Waals surface area contributed by atoms with E-state index in [1.165, 1.54) is 12.4 Å². The Morgan fingerprint density at radius 3 is 1.68 bits per heavy atom. The van der Waals surface area contributed by atoms with E-state index in [9.17, 15) is 30.0 Å². The van der Waals surface area contributed by atoms with Crippen molar-refractivity contribution in [1.29, 1.82) is 0 Å². The molecule has 2 saturated heterocycles. The number of aryl methyl sites for hydroxylation is 2. The van der Waals surface area contributed by atoms with Crippen molar-refractivity contribution in [3.05, 3.63) is 44.5 Å². The Bertz CT molecular complexity index is 1210. The molecule has 2 fully saturated rings. The first-order valence-corrected chi connectivity index (χ1v) is 11.0. The average Bonchev–Trinajstić information content (AvgIpc) is 3.32. The number of nitrogens with two attached hydrogens (primary N) is 1. The van der Waals surface area contributed by atoms with Crippen molar-refractivity contribution in [2.45, 2.75) is 62.9 Å². The Hall–Kier alpha value is -3.00. The molecule has 2 aliphatic rings. The van der Waals surface area contributed by atoms with Crippen LogP contribution in [-0.2, 0) is 9.47 Å². The fraction of sp³-hybridized carbons (Fsp3) is 0.600. The summed E-state index contributed by atoms with van der Waals surface area (Å²) >= 11 is 0. The van der Waals surface area contributed by atoms with Crippen LogP contribution in [0.5, 0.6) is 0 Å². The van der Waals surface area contributed by atoms with Gasteiger partial charge in [0.25, 0.3) is 0 Å². The molecule has 17 heteroatoms. The van der Waals surface area contributed by atoms with E-state index in [2.05, 4.69) is 9.97 Å². The van der Waals surface area contributed by atoms with Gasteiger partial charge in [-0.3, -0.25) is 19.8 Å². The van der Waals surface area contributed by atoms with Crippen molar-refractivity contribution in [2.24, 2.45) is 0 Å². The SMILES string of the molecule is Cc1cn([C@@H]2O[C@H](CO)[C@H](O)C2O)c(=O)nc1N.Cc1cn([C@@H]2O[C@H](CO)[C@H](O)C2O)c(=O)nc1NO. The first-order valence-electron chi connectivity index (χ1n) is 11.0. The summed E-state index contributed by atoms with van der Waals surface area (Å²) in [4.78, 5) is 30.5. The summed E-state index contributed by atoms with van der Waals surface area (Å²) < 4.78 is 12.5. The second-order valence-electron chi connectivity index (χ2n) is 8.53. The second-order valence-corrected chi connectivity index (χ2v) is 8.53. The molecule has 4 heterocycles. The number of nitrogen functional groups attached to an aromatic ring is 1. The third-order valence-electron chi connectivity index (χ3n) is 6.00. The summed E-state index contributed by atoms with van der Waals surface area (Å²) in [5, 5.41) is 65.6. The van der Waals surface area contributed by atoms with E-state index in [1.54, 1.807) is 19.3 Å². The topological polar surface area (TPSA) is 268 Å². The van der Waals surface area contributed by atoms with Crippen LogP contribution in [0, 0.1) is 13.8 Å². The number of hydrogen-bond acceptors (Lipinski definition) is 15. The highest BCUT2D eigenvalue weighted by Crippen LogP contribution is 2.29. The standard InChI is InChI=1S/C10H15N3O6.C10H15N3O5/c1-4-2-13(10(17)11-8(4)12-18)9-7(16)6(15)5(3-14)19-9;1-4-2-13(10(17)12-8(4)11)9-7(16)6(15)5(3-14)18-9/h2,5-7,9,14-16,18H,3H2,1H3,(H,11,12,17);2,5-7,9,14-16H,3H2,1H3,(H2,11,12,17)/t2*5-,6+,7?,9-/m11/s1. The number of aromatic nitrogens is 4. The maximum absolute atomic E-state index is 11.8. The third kappa shape index (κ3) is 5.64. The Kier molecular flexibility index (Phi) is 8.95. The van der Waals surface area contributed by atoms with Crippen molar-refractivity contribution in [2.75, 3.05) is 24.4 Å². The maximum atomic E-state index is 11.8. The van der Waals surface area contributed by atoms with E-state index in [0.717, 1.165) is 9.13 Å². The van der Waals surface area contributed by atoms with Crippen LogP contribution in [0.3, 0.4) is 0 Å². The largest absolute Gasteiger partial charge is 0.394 e. The Morgan fingerprint density at radius 2 is 1.27 bits per heavy atom. The first-order chi connectivity index (χ1) is 17.4. The minimum Gasteiger partial charge on any atom is -0.394 e. The molecule has 2 unspecified atom stereocenters. The molecule has 0 amide bonds. The molecule has 0 bridgehead atoms. The van der Waals surface area contributed by atoms with Gasteiger partial charge in [0.15, 0.2) is 18.3 Å². The van der Waals surface area contributed by atoms with Gasteiger partial charge in [0.2, 0.25) is 0 Å². The van der Waals surface area contributed by atoms with Gasteiger partial charge in [0, 0.05) is 23.5 Å². The maximum Gasteiger partial charge on any atom is 0.351 e. The van der Waals surface area contributed by atoms with E-state index in [-0.39, 0.29) is 11.6 Å². The number of hydrogen-bond donors (Lipinski definition) is 9. The van der Waals surface area contributed by atoms with Crippen molar-refractivity contribution in [3.63, 3.8) is 0 Å². The number of anilines is 2. The van der Waals surface area contributed by atoms with E-state index in [0.29, 0.717) is 11.1 Å². The zero-order chi connectivity index (χ0) is 27.6. The molecule has 0 aliphatic carbocycles. The zero-order valence-corrected chi connectivity index (χ0v) is 19.8. The Labute approximate surface area is 208 Å². The van der Waals surface area contributed by atoms with Gasteiger partial charge in [-0.15, -0.1) is 0 Å². The summed E-state index contributed by atoms with van der Waals surface area (Å²) in [6, 6.07) is 0. The number of aliphatic hydroxyl groups excluding tert-OH is 6. The van der Waals surface area contributed by atoms with Crippen LogP contribution in [-0.4, -0.2) is 105 Å². The normalized spacial score (nSPS) is 31.2. The van der Waals surface area contributed by atoms with Crippen LogP contribution in [0.2, 0.25) is 0 Å². The molecule has 0 radical (unpaired) electrons. The van der Waals surface area contributed by atoms with E-state index >= 15 is 0 Å². The summed E-state index contributed by atoms with van der Waals surface area (Å²) in [6.07, 6.45) is -6.64. The molecule has 10 N–H and O–H groups in total. The molecule has 2 aliphatic heterocycles. The minimum absolute atomic E-state index is 0.00649. The molecular weight excluding hydrogens is 500 g/mol. The van der Waals surface area contributed by atoms with Gasteiger partial charge >= 0.3 is 11.4 Å². The molecule has 0 saturated carbocycles. The summed E-state index contributed by atoms with van der Waals surface area (Å²) in [5.41, 5.74) is 6.80. The first kappa shape index (κ1) is 28.6. The smallest absolute Gasteiger partial charge is 0.351 e. The predicted molar refractivity (Wildman–Crippen MR) is 122 cm³/mol. The van der Waals surface area contributed by atoms with Gasteiger partial charge in [-0.05, 0) is 13.8 Å². The molecule has 2 aromatic heterocycles. The lowest BCUT2D eigenvalue weighted by Crippen LogP contribution is -2.36. The molecule has 206 valence electrons. The monoisotopic (exact) mass is 530 g/mol. The fourth-order valence-electron chi connectivity index (χ4n) is 3.84. The molecule has 8 atom stereocenters.